The van der Waals surface area contributed by atoms with Gasteiger partial charge in [0.05, 0.1) is 6.04 Å². The first-order valence-corrected chi connectivity index (χ1v) is 8.54. The SMILES string of the molecule is CC(=O)NCCCN(C)C(=O)NC1CCSc2ccccc21. The van der Waals surface area contributed by atoms with Gasteiger partial charge in [0.1, 0.15) is 0 Å². The summed E-state index contributed by atoms with van der Waals surface area (Å²) in [5, 5.41) is 5.84. The Morgan fingerprint density at radius 3 is 2.91 bits per heavy atom. The number of carbonyl (C=O) groups excluding carboxylic acids is 2. The van der Waals surface area contributed by atoms with Crippen molar-refractivity contribution in [2.75, 3.05) is 25.9 Å². The molecule has 1 aromatic carbocycles. The molecule has 0 radical (unpaired) electrons. The first-order chi connectivity index (χ1) is 10.6. The molecule has 1 aliphatic rings. The molecule has 0 saturated carbocycles. The average Bonchev–Trinajstić information content (AvgIpc) is 2.51. The third-order valence-electron chi connectivity index (χ3n) is 3.65. The molecule has 1 aromatic rings. The monoisotopic (exact) mass is 321 g/mol. The second kappa shape index (κ2) is 8.08. The lowest BCUT2D eigenvalue weighted by atomic mass is 10.0. The number of nitrogens with one attached hydrogen (secondary N) is 2. The molecule has 1 unspecified atom stereocenters. The van der Waals surface area contributed by atoms with Crippen LogP contribution < -0.4 is 10.6 Å². The van der Waals surface area contributed by atoms with Crippen molar-refractivity contribution in [1.82, 2.24) is 15.5 Å². The Bertz CT molecular complexity index is 536. The Morgan fingerprint density at radius 2 is 2.14 bits per heavy atom. The molecule has 5 nitrogen and oxygen atoms in total. The highest BCUT2D eigenvalue weighted by atomic mass is 32.2. The lowest BCUT2D eigenvalue weighted by Crippen LogP contribution is -2.41. The van der Waals surface area contributed by atoms with Gasteiger partial charge in [0, 0.05) is 37.7 Å². The number of fused-ring (bicyclic) bond motifs is 1. The number of thioether (sulfide) groups is 1. The Morgan fingerprint density at radius 1 is 1.36 bits per heavy atom. The summed E-state index contributed by atoms with van der Waals surface area (Å²) in [5.74, 6) is 0.984. The highest BCUT2D eigenvalue weighted by molar-refractivity contribution is 7.99. The summed E-state index contributed by atoms with van der Waals surface area (Å²) >= 11 is 1.84. The maximum absolute atomic E-state index is 12.3. The predicted octanol–water partition coefficient (Wildman–Crippen LogP) is 2.39. The molecule has 0 saturated heterocycles. The number of hydrogen-bond acceptors (Lipinski definition) is 3. The van der Waals surface area contributed by atoms with Crippen molar-refractivity contribution in [2.24, 2.45) is 0 Å². The Hall–Kier alpha value is -1.69. The molecule has 0 spiro atoms. The van der Waals surface area contributed by atoms with Gasteiger partial charge in [-0.05, 0) is 24.5 Å². The maximum Gasteiger partial charge on any atom is 0.317 e. The molecule has 1 aliphatic heterocycles. The summed E-state index contributed by atoms with van der Waals surface area (Å²) in [7, 11) is 1.78. The number of amides is 3. The molecular formula is C16H23N3O2S. The molecule has 22 heavy (non-hydrogen) atoms. The quantitative estimate of drug-likeness (QED) is 0.819. The van der Waals surface area contributed by atoms with Crippen molar-refractivity contribution < 1.29 is 9.59 Å². The molecule has 120 valence electrons. The largest absolute Gasteiger partial charge is 0.356 e. The number of hydrogen-bond donors (Lipinski definition) is 2. The maximum atomic E-state index is 12.3. The van der Waals surface area contributed by atoms with E-state index < -0.39 is 0 Å². The fourth-order valence-corrected chi connectivity index (χ4v) is 3.56. The summed E-state index contributed by atoms with van der Waals surface area (Å²) in [4.78, 5) is 26.0. The molecule has 0 aliphatic carbocycles. The predicted molar refractivity (Wildman–Crippen MR) is 89.0 cm³/mol. The van der Waals surface area contributed by atoms with Gasteiger partial charge < -0.3 is 15.5 Å². The van der Waals surface area contributed by atoms with Gasteiger partial charge in [-0.1, -0.05) is 18.2 Å². The van der Waals surface area contributed by atoms with Gasteiger partial charge in [0.2, 0.25) is 5.91 Å². The molecule has 2 rings (SSSR count). The van der Waals surface area contributed by atoms with Crippen LogP contribution in [0.15, 0.2) is 29.2 Å². The number of urea groups is 1. The van der Waals surface area contributed by atoms with Crippen molar-refractivity contribution in [3.05, 3.63) is 29.8 Å². The van der Waals surface area contributed by atoms with Gasteiger partial charge in [-0.2, -0.15) is 0 Å². The molecule has 1 heterocycles. The van der Waals surface area contributed by atoms with E-state index >= 15 is 0 Å². The van der Waals surface area contributed by atoms with E-state index in [2.05, 4.69) is 22.8 Å². The van der Waals surface area contributed by atoms with E-state index in [0.29, 0.717) is 13.1 Å². The summed E-state index contributed by atoms with van der Waals surface area (Å²) in [6.07, 6.45) is 1.70. The average molecular weight is 321 g/mol. The molecule has 0 aromatic heterocycles. The van der Waals surface area contributed by atoms with Crippen LogP contribution in [0.1, 0.15) is 31.4 Å². The van der Waals surface area contributed by atoms with E-state index in [1.807, 2.05) is 23.9 Å². The Balaban J connectivity index is 1.83. The fourth-order valence-electron chi connectivity index (χ4n) is 2.43. The number of rotatable bonds is 5. The first kappa shape index (κ1) is 16.7. The molecule has 3 amide bonds. The second-order valence-corrected chi connectivity index (χ2v) is 6.57. The zero-order chi connectivity index (χ0) is 15.9. The molecule has 0 bridgehead atoms. The third-order valence-corrected chi connectivity index (χ3v) is 4.77. The lowest BCUT2D eigenvalue weighted by molar-refractivity contribution is -0.118. The fraction of sp³-hybridized carbons (Fsp3) is 0.500. The van der Waals surface area contributed by atoms with Gasteiger partial charge in [-0.25, -0.2) is 4.79 Å². The van der Waals surface area contributed by atoms with Gasteiger partial charge >= 0.3 is 6.03 Å². The van der Waals surface area contributed by atoms with Crippen LogP contribution in [-0.4, -0.2) is 42.7 Å². The smallest absolute Gasteiger partial charge is 0.317 e. The highest BCUT2D eigenvalue weighted by Gasteiger charge is 2.22. The van der Waals surface area contributed by atoms with Gasteiger partial charge in [0.15, 0.2) is 0 Å². The zero-order valence-corrected chi connectivity index (χ0v) is 13.9. The summed E-state index contributed by atoms with van der Waals surface area (Å²) in [5.41, 5.74) is 1.21. The molecule has 2 N–H and O–H groups in total. The normalized spacial score (nSPS) is 16.5. The Kier molecular flexibility index (Phi) is 6.12. The van der Waals surface area contributed by atoms with E-state index in [0.717, 1.165) is 18.6 Å². The molecule has 1 atom stereocenters. The van der Waals surface area contributed by atoms with Crippen LogP contribution in [0.25, 0.3) is 0 Å². The van der Waals surface area contributed by atoms with Crippen molar-refractivity contribution >= 4 is 23.7 Å². The van der Waals surface area contributed by atoms with E-state index in [1.165, 1.54) is 17.4 Å². The number of nitrogens with zero attached hydrogens (tertiary/aromatic N) is 1. The lowest BCUT2D eigenvalue weighted by Gasteiger charge is -2.28. The van der Waals surface area contributed by atoms with Crippen molar-refractivity contribution in [3.8, 4) is 0 Å². The molecular weight excluding hydrogens is 298 g/mol. The van der Waals surface area contributed by atoms with E-state index in [4.69, 9.17) is 0 Å². The van der Waals surface area contributed by atoms with Gasteiger partial charge in [-0.3, -0.25) is 4.79 Å². The summed E-state index contributed by atoms with van der Waals surface area (Å²) < 4.78 is 0. The van der Waals surface area contributed by atoms with Crippen LogP contribution in [0.4, 0.5) is 4.79 Å². The number of carbonyl (C=O) groups is 2. The first-order valence-electron chi connectivity index (χ1n) is 7.55. The molecule has 6 heteroatoms. The molecule has 0 fully saturated rings. The van der Waals surface area contributed by atoms with E-state index in [9.17, 15) is 9.59 Å². The van der Waals surface area contributed by atoms with Crippen molar-refractivity contribution in [2.45, 2.75) is 30.7 Å². The van der Waals surface area contributed by atoms with Crippen molar-refractivity contribution in [3.63, 3.8) is 0 Å². The highest BCUT2D eigenvalue weighted by Crippen LogP contribution is 2.35. The van der Waals surface area contributed by atoms with Crippen molar-refractivity contribution in [1.29, 1.82) is 0 Å². The van der Waals surface area contributed by atoms with Crippen LogP contribution >= 0.6 is 11.8 Å². The van der Waals surface area contributed by atoms with E-state index in [1.54, 1.807) is 11.9 Å². The van der Waals surface area contributed by atoms with Gasteiger partial charge in [0.25, 0.3) is 0 Å². The summed E-state index contributed by atoms with van der Waals surface area (Å²) in [6, 6.07) is 8.27. The van der Waals surface area contributed by atoms with Crippen LogP contribution in [0.5, 0.6) is 0 Å². The summed E-state index contributed by atoms with van der Waals surface area (Å²) in [6.45, 7) is 2.71. The second-order valence-electron chi connectivity index (χ2n) is 5.44. The standard InChI is InChI=1S/C16H23N3O2S/c1-12(20)17-9-5-10-19(2)16(21)18-14-8-11-22-15-7-4-3-6-13(14)15/h3-4,6-7,14H,5,8-11H2,1-2H3,(H,17,20)(H,18,21). The van der Waals surface area contributed by atoms with E-state index in [-0.39, 0.29) is 18.0 Å². The minimum Gasteiger partial charge on any atom is -0.356 e. The van der Waals surface area contributed by atoms with Crippen LogP contribution in [0.3, 0.4) is 0 Å². The third kappa shape index (κ3) is 4.66. The minimum atomic E-state index is -0.0606. The van der Waals surface area contributed by atoms with Crippen LogP contribution in [-0.2, 0) is 4.79 Å². The van der Waals surface area contributed by atoms with Crippen LogP contribution in [0, 0.1) is 0 Å². The number of benzene rings is 1. The Labute approximate surface area is 135 Å². The minimum absolute atomic E-state index is 0.0385. The van der Waals surface area contributed by atoms with Gasteiger partial charge in [-0.15, -0.1) is 11.8 Å². The van der Waals surface area contributed by atoms with Crippen LogP contribution in [0.2, 0.25) is 0 Å². The topological polar surface area (TPSA) is 61.4 Å². The zero-order valence-electron chi connectivity index (χ0n) is 13.1.